The largest absolute Gasteiger partial charge is 0.392 e. The summed E-state index contributed by atoms with van der Waals surface area (Å²) in [5.74, 6) is -0.110. The number of ether oxygens (including phenoxy) is 1. The van der Waals surface area contributed by atoms with Gasteiger partial charge in [-0.2, -0.15) is 0 Å². The zero-order valence-corrected chi connectivity index (χ0v) is 12.7. The predicted molar refractivity (Wildman–Crippen MR) is 79.3 cm³/mol. The highest BCUT2D eigenvalue weighted by molar-refractivity contribution is 5.77. The van der Waals surface area contributed by atoms with Crippen molar-refractivity contribution in [2.24, 2.45) is 5.92 Å². The first-order valence-electron chi connectivity index (χ1n) is 6.92. The molecular formula is C16H25NO3. The van der Waals surface area contributed by atoms with Gasteiger partial charge in [-0.15, -0.1) is 0 Å². The van der Waals surface area contributed by atoms with Crippen molar-refractivity contribution in [1.82, 2.24) is 5.32 Å². The zero-order valence-electron chi connectivity index (χ0n) is 12.7. The first kappa shape index (κ1) is 16.7. The molecule has 0 aliphatic rings. The third kappa shape index (κ3) is 4.62. The molecular weight excluding hydrogens is 254 g/mol. The van der Waals surface area contributed by atoms with Crippen LogP contribution in [0.4, 0.5) is 0 Å². The molecule has 1 rings (SSSR count). The summed E-state index contributed by atoms with van der Waals surface area (Å²) in [4.78, 5) is 12.1. The molecule has 20 heavy (non-hydrogen) atoms. The van der Waals surface area contributed by atoms with Gasteiger partial charge < -0.3 is 15.2 Å². The number of hydrogen-bond donors (Lipinski definition) is 2. The average molecular weight is 279 g/mol. The topological polar surface area (TPSA) is 58.6 Å². The van der Waals surface area contributed by atoms with Crippen molar-refractivity contribution in [2.75, 3.05) is 13.7 Å². The van der Waals surface area contributed by atoms with E-state index in [0.29, 0.717) is 6.61 Å². The second-order valence-electron chi connectivity index (χ2n) is 5.69. The molecule has 0 aromatic heterocycles. The number of aliphatic hydroxyl groups is 1. The molecule has 0 fully saturated rings. The van der Waals surface area contributed by atoms with Crippen molar-refractivity contribution in [3.05, 3.63) is 35.9 Å². The number of methoxy groups -OCH3 is 1. The van der Waals surface area contributed by atoms with E-state index < -0.39 is 11.6 Å². The van der Waals surface area contributed by atoms with E-state index in [2.05, 4.69) is 5.32 Å². The minimum atomic E-state index is -0.627. The van der Waals surface area contributed by atoms with E-state index in [1.807, 2.05) is 51.1 Å². The highest BCUT2D eigenvalue weighted by Crippen LogP contribution is 2.21. The molecule has 0 aliphatic carbocycles. The number of hydrogen-bond acceptors (Lipinski definition) is 3. The molecule has 2 atom stereocenters. The molecule has 0 aliphatic heterocycles. The van der Waals surface area contributed by atoms with Crippen molar-refractivity contribution in [3.63, 3.8) is 0 Å². The SMILES string of the molecule is COCC(C)(NC(=O)CC(O)C(C)C)c1ccccc1. The van der Waals surface area contributed by atoms with Crippen LogP contribution in [0.25, 0.3) is 0 Å². The van der Waals surface area contributed by atoms with Crippen molar-refractivity contribution in [2.45, 2.75) is 38.8 Å². The summed E-state index contributed by atoms with van der Waals surface area (Å²) in [5.41, 5.74) is 0.387. The number of amides is 1. The van der Waals surface area contributed by atoms with Crippen molar-refractivity contribution in [1.29, 1.82) is 0 Å². The Morgan fingerprint density at radius 2 is 1.95 bits per heavy atom. The Bertz CT molecular complexity index is 419. The second kappa shape index (κ2) is 7.41. The van der Waals surface area contributed by atoms with Gasteiger partial charge >= 0.3 is 0 Å². The molecule has 1 aromatic carbocycles. The maximum absolute atomic E-state index is 12.1. The molecule has 2 unspecified atom stereocenters. The fourth-order valence-electron chi connectivity index (χ4n) is 2.07. The van der Waals surface area contributed by atoms with E-state index in [9.17, 15) is 9.90 Å². The van der Waals surface area contributed by atoms with Crippen LogP contribution < -0.4 is 5.32 Å². The highest BCUT2D eigenvalue weighted by atomic mass is 16.5. The summed E-state index contributed by atoms with van der Waals surface area (Å²) < 4.78 is 5.24. The zero-order chi connectivity index (χ0) is 15.2. The first-order valence-corrected chi connectivity index (χ1v) is 6.92. The Balaban J connectivity index is 2.79. The lowest BCUT2D eigenvalue weighted by molar-refractivity contribution is -0.126. The van der Waals surface area contributed by atoms with Gasteiger partial charge in [0.15, 0.2) is 0 Å². The van der Waals surface area contributed by atoms with Crippen molar-refractivity contribution >= 4 is 5.91 Å². The normalized spacial score (nSPS) is 15.7. The van der Waals surface area contributed by atoms with Gasteiger partial charge in [0.1, 0.15) is 0 Å². The Labute approximate surface area is 121 Å². The fourth-order valence-corrected chi connectivity index (χ4v) is 2.07. The summed E-state index contributed by atoms with van der Waals surface area (Å²) >= 11 is 0. The van der Waals surface area contributed by atoms with Gasteiger partial charge in [-0.1, -0.05) is 44.2 Å². The smallest absolute Gasteiger partial charge is 0.223 e. The number of benzene rings is 1. The molecule has 0 heterocycles. The Hall–Kier alpha value is -1.39. The van der Waals surface area contributed by atoms with Gasteiger partial charge in [0, 0.05) is 7.11 Å². The molecule has 4 nitrogen and oxygen atoms in total. The maximum atomic E-state index is 12.1. The van der Waals surface area contributed by atoms with E-state index >= 15 is 0 Å². The second-order valence-corrected chi connectivity index (χ2v) is 5.69. The van der Waals surface area contributed by atoms with Crippen LogP contribution in [-0.4, -0.2) is 30.8 Å². The Morgan fingerprint density at radius 1 is 1.35 bits per heavy atom. The average Bonchev–Trinajstić information content (AvgIpc) is 2.39. The number of carbonyl (C=O) groups is 1. The summed E-state index contributed by atoms with van der Waals surface area (Å²) in [7, 11) is 1.61. The summed E-state index contributed by atoms with van der Waals surface area (Å²) in [6, 6.07) is 9.70. The van der Waals surface area contributed by atoms with E-state index in [0.717, 1.165) is 5.56 Å². The molecule has 1 amide bonds. The van der Waals surface area contributed by atoms with Crippen LogP contribution in [0, 0.1) is 5.92 Å². The molecule has 0 saturated heterocycles. The fraction of sp³-hybridized carbons (Fsp3) is 0.562. The minimum absolute atomic E-state index is 0.0613. The molecule has 1 aromatic rings. The van der Waals surface area contributed by atoms with Gasteiger partial charge in [0.05, 0.1) is 24.7 Å². The molecule has 0 radical (unpaired) electrons. The van der Waals surface area contributed by atoms with Crippen LogP contribution in [0.5, 0.6) is 0 Å². The molecule has 0 bridgehead atoms. The first-order chi connectivity index (χ1) is 9.39. The third-order valence-corrected chi connectivity index (χ3v) is 3.42. The van der Waals surface area contributed by atoms with E-state index in [-0.39, 0.29) is 18.2 Å². The lowest BCUT2D eigenvalue weighted by Crippen LogP contribution is -2.47. The highest BCUT2D eigenvalue weighted by Gasteiger charge is 2.29. The van der Waals surface area contributed by atoms with Crippen LogP contribution in [0.15, 0.2) is 30.3 Å². The van der Waals surface area contributed by atoms with E-state index in [1.165, 1.54) is 0 Å². The lowest BCUT2D eigenvalue weighted by Gasteiger charge is -2.31. The molecule has 112 valence electrons. The van der Waals surface area contributed by atoms with Gasteiger partial charge in [0.25, 0.3) is 0 Å². The van der Waals surface area contributed by atoms with Crippen LogP contribution in [-0.2, 0) is 15.1 Å². The third-order valence-electron chi connectivity index (χ3n) is 3.42. The van der Waals surface area contributed by atoms with Gasteiger partial charge in [-0.25, -0.2) is 0 Å². The number of nitrogens with one attached hydrogen (secondary N) is 1. The predicted octanol–water partition coefficient (Wildman–Crippen LogP) is 2.07. The van der Waals surface area contributed by atoms with Crippen LogP contribution in [0.3, 0.4) is 0 Å². The summed E-state index contributed by atoms with van der Waals surface area (Å²) in [5, 5.41) is 12.8. The standard InChI is InChI=1S/C16H25NO3/c1-12(2)14(18)10-15(19)17-16(3,11-20-4)13-8-6-5-7-9-13/h5-9,12,14,18H,10-11H2,1-4H3,(H,17,19). The maximum Gasteiger partial charge on any atom is 0.223 e. The van der Waals surface area contributed by atoms with Crippen LogP contribution >= 0.6 is 0 Å². The van der Waals surface area contributed by atoms with Crippen molar-refractivity contribution in [3.8, 4) is 0 Å². The monoisotopic (exact) mass is 279 g/mol. The molecule has 0 saturated carbocycles. The van der Waals surface area contributed by atoms with Crippen molar-refractivity contribution < 1.29 is 14.6 Å². The quantitative estimate of drug-likeness (QED) is 0.803. The van der Waals surface area contributed by atoms with E-state index in [4.69, 9.17) is 4.74 Å². The lowest BCUT2D eigenvalue weighted by atomic mass is 9.92. The van der Waals surface area contributed by atoms with Crippen LogP contribution in [0.2, 0.25) is 0 Å². The molecule has 4 heteroatoms. The minimum Gasteiger partial charge on any atom is -0.392 e. The van der Waals surface area contributed by atoms with Gasteiger partial charge in [-0.05, 0) is 18.4 Å². The molecule has 2 N–H and O–H groups in total. The molecule has 0 spiro atoms. The van der Waals surface area contributed by atoms with Crippen LogP contribution in [0.1, 0.15) is 32.8 Å². The van der Waals surface area contributed by atoms with Gasteiger partial charge in [0.2, 0.25) is 5.91 Å². The summed E-state index contributed by atoms with van der Waals surface area (Å²) in [6.07, 6.45) is -0.526. The van der Waals surface area contributed by atoms with Gasteiger partial charge in [-0.3, -0.25) is 4.79 Å². The number of carbonyl (C=O) groups excluding carboxylic acids is 1. The number of aliphatic hydroxyl groups excluding tert-OH is 1. The number of rotatable bonds is 7. The Kier molecular flexibility index (Phi) is 6.17. The van der Waals surface area contributed by atoms with E-state index in [1.54, 1.807) is 7.11 Å². The summed E-state index contributed by atoms with van der Waals surface area (Å²) in [6.45, 7) is 6.08. The Morgan fingerprint density at radius 3 is 2.45 bits per heavy atom.